The third kappa shape index (κ3) is 4.31. The Morgan fingerprint density at radius 2 is 2.20 bits per heavy atom. The van der Waals surface area contributed by atoms with Gasteiger partial charge in [-0.2, -0.15) is 10.1 Å². The molecule has 0 radical (unpaired) electrons. The quantitative estimate of drug-likeness (QED) is 0.758. The number of carbonyl (C=O) groups is 1. The molecule has 0 aromatic carbocycles. The lowest BCUT2D eigenvalue weighted by molar-refractivity contribution is -0.134. The molecule has 3 rings (SSSR count). The maximum Gasteiger partial charge on any atom is 0.267 e. The fraction of sp³-hybridized carbons (Fsp3) is 0.438. The predicted octanol–water partition coefficient (Wildman–Crippen LogP) is 0.112. The summed E-state index contributed by atoms with van der Waals surface area (Å²) in [6, 6.07) is 2.92. The molecule has 132 valence electrons. The van der Waals surface area contributed by atoms with Gasteiger partial charge in [-0.3, -0.25) is 14.6 Å². The van der Waals surface area contributed by atoms with Crippen molar-refractivity contribution in [3.05, 3.63) is 41.1 Å². The third-order valence-corrected chi connectivity index (χ3v) is 3.89. The summed E-state index contributed by atoms with van der Waals surface area (Å²) in [6.07, 6.45) is 5.93. The number of ether oxygens (including phenoxy) is 2. The molecular weight excluding hydrogens is 326 g/mol. The van der Waals surface area contributed by atoms with Crippen molar-refractivity contribution in [2.45, 2.75) is 25.5 Å². The first kappa shape index (κ1) is 16.9. The van der Waals surface area contributed by atoms with Crippen molar-refractivity contribution in [2.24, 2.45) is 0 Å². The molecule has 1 saturated heterocycles. The molecule has 1 aliphatic rings. The lowest BCUT2D eigenvalue weighted by Gasteiger charge is -2.32. The van der Waals surface area contributed by atoms with Crippen LogP contribution >= 0.6 is 0 Å². The number of carbonyl (C=O) groups excluding carboxylic acids is 1. The number of hydrogen-bond donors (Lipinski definition) is 0. The summed E-state index contributed by atoms with van der Waals surface area (Å²) in [4.78, 5) is 34.0. The maximum atomic E-state index is 12.4. The van der Waals surface area contributed by atoms with E-state index in [1.54, 1.807) is 11.0 Å². The van der Waals surface area contributed by atoms with Gasteiger partial charge in [-0.25, -0.2) is 4.68 Å². The highest BCUT2D eigenvalue weighted by molar-refractivity contribution is 5.76. The topological polar surface area (TPSA) is 99.4 Å². The Balaban J connectivity index is 1.61. The molecule has 0 unspecified atom stereocenters. The molecule has 3 heterocycles. The second-order valence-corrected chi connectivity index (χ2v) is 5.64. The molecule has 0 spiro atoms. The lowest BCUT2D eigenvalue weighted by Crippen LogP contribution is -2.46. The minimum Gasteiger partial charge on any atom is -0.480 e. The average molecular weight is 345 g/mol. The zero-order valence-electron chi connectivity index (χ0n) is 13.9. The van der Waals surface area contributed by atoms with Gasteiger partial charge in [0, 0.05) is 18.8 Å². The van der Waals surface area contributed by atoms with E-state index < -0.39 is 0 Å². The summed E-state index contributed by atoms with van der Waals surface area (Å²) in [5, 5.41) is 3.91. The van der Waals surface area contributed by atoms with Crippen molar-refractivity contribution in [2.75, 3.05) is 20.2 Å². The normalized spacial score (nSPS) is 17.2. The minimum atomic E-state index is -0.299. The molecule has 1 aliphatic heterocycles. The first-order valence-electron chi connectivity index (χ1n) is 7.98. The van der Waals surface area contributed by atoms with Crippen LogP contribution in [0.5, 0.6) is 11.8 Å². The highest BCUT2D eigenvalue weighted by Gasteiger charge is 2.25. The number of hydrogen-bond acceptors (Lipinski definition) is 7. The summed E-state index contributed by atoms with van der Waals surface area (Å²) in [5.41, 5.74) is -0.299. The minimum absolute atomic E-state index is 0.0780. The Morgan fingerprint density at radius 1 is 1.36 bits per heavy atom. The van der Waals surface area contributed by atoms with Gasteiger partial charge in [0.15, 0.2) is 0 Å². The maximum absolute atomic E-state index is 12.4. The number of piperidine rings is 1. The second kappa shape index (κ2) is 7.73. The molecule has 1 fully saturated rings. The van der Waals surface area contributed by atoms with Crippen LogP contribution < -0.4 is 15.0 Å². The standard InChI is InChI=1S/C16H19N5O4/c1-24-13-8-17-9-14(19-13)25-12-4-3-7-20(10-12)16(23)11-21-15(22)5-2-6-18-21/h2,5-6,8-9,12H,3-4,7,10-11H2,1H3/t12-/m0/s1. The van der Waals surface area contributed by atoms with Gasteiger partial charge >= 0.3 is 0 Å². The van der Waals surface area contributed by atoms with Crippen molar-refractivity contribution in [3.63, 3.8) is 0 Å². The van der Waals surface area contributed by atoms with E-state index in [2.05, 4.69) is 15.1 Å². The first-order valence-corrected chi connectivity index (χ1v) is 7.98. The van der Waals surface area contributed by atoms with Gasteiger partial charge < -0.3 is 14.4 Å². The Labute approximate surface area is 144 Å². The number of amides is 1. The number of likely N-dealkylation sites (tertiary alicyclic amines) is 1. The molecule has 9 nitrogen and oxygen atoms in total. The summed E-state index contributed by atoms with van der Waals surface area (Å²) in [7, 11) is 1.51. The van der Waals surface area contributed by atoms with Crippen LogP contribution in [-0.4, -0.2) is 56.9 Å². The van der Waals surface area contributed by atoms with Crippen LogP contribution in [-0.2, 0) is 11.3 Å². The van der Waals surface area contributed by atoms with Crippen LogP contribution in [0.2, 0.25) is 0 Å². The zero-order valence-corrected chi connectivity index (χ0v) is 13.9. The summed E-state index contributed by atoms with van der Waals surface area (Å²) in [6.45, 7) is 0.981. The zero-order chi connectivity index (χ0) is 17.6. The van der Waals surface area contributed by atoms with Gasteiger partial charge in [-0.15, -0.1) is 0 Å². The average Bonchev–Trinajstić information content (AvgIpc) is 2.64. The first-order chi connectivity index (χ1) is 12.2. The Morgan fingerprint density at radius 3 is 3.00 bits per heavy atom. The summed E-state index contributed by atoms with van der Waals surface area (Å²) >= 11 is 0. The van der Waals surface area contributed by atoms with Crippen LogP contribution in [0.25, 0.3) is 0 Å². The Bertz CT molecular complexity index is 794. The van der Waals surface area contributed by atoms with E-state index in [-0.39, 0.29) is 24.1 Å². The second-order valence-electron chi connectivity index (χ2n) is 5.64. The van der Waals surface area contributed by atoms with Crippen molar-refractivity contribution in [3.8, 4) is 11.8 Å². The van der Waals surface area contributed by atoms with E-state index >= 15 is 0 Å². The molecule has 2 aromatic rings. The lowest BCUT2D eigenvalue weighted by atomic mass is 10.1. The number of rotatable bonds is 5. The summed E-state index contributed by atoms with van der Waals surface area (Å²) in [5.74, 6) is 0.571. The van der Waals surface area contributed by atoms with E-state index in [4.69, 9.17) is 9.47 Å². The van der Waals surface area contributed by atoms with Crippen LogP contribution in [0, 0.1) is 0 Å². The van der Waals surface area contributed by atoms with E-state index in [0.29, 0.717) is 24.8 Å². The molecule has 1 amide bonds. The Kier molecular flexibility index (Phi) is 5.22. The van der Waals surface area contributed by atoms with Crippen LogP contribution in [0.15, 0.2) is 35.5 Å². The molecule has 0 bridgehead atoms. The van der Waals surface area contributed by atoms with Crippen LogP contribution in [0.4, 0.5) is 0 Å². The molecule has 9 heteroatoms. The van der Waals surface area contributed by atoms with Crippen molar-refractivity contribution < 1.29 is 14.3 Å². The van der Waals surface area contributed by atoms with Gasteiger partial charge in [-0.05, 0) is 18.9 Å². The number of methoxy groups -OCH3 is 1. The largest absolute Gasteiger partial charge is 0.480 e. The van der Waals surface area contributed by atoms with Crippen molar-refractivity contribution >= 4 is 5.91 Å². The molecule has 2 aromatic heterocycles. The number of nitrogens with zero attached hydrogens (tertiary/aromatic N) is 5. The molecular formula is C16H19N5O4. The van der Waals surface area contributed by atoms with Crippen molar-refractivity contribution in [1.82, 2.24) is 24.6 Å². The molecule has 1 atom stereocenters. The Hall–Kier alpha value is -2.97. The van der Waals surface area contributed by atoms with Gasteiger partial charge in [0.1, 0.15) is 12.6 Å². The highest BCUT2D eigenvalue weighted by Crippen LogP contribution is 2.18. The smallest absolute Gasteiger partial charge is 0.267 e. The highest BCUT2D eigenvalue weighted by atomic mass is 16.5. The number of aromatic nitrogens is 4. The predicted molar refractivity (Wildman–Crippen MR) is 87.3 cm³/mol. The summed E-state index contributed by atoms with van der Waals surface area (Å²) < 4.78 is 12.0. The fourth-order valence-corrected chi connectivity index (χ4v) is 2.65. The van der Waals surface area contributed by atoms with E-state index in [1.165, 1.54) is 31.8 Å². The fourth-order valence-electron chi connectivity index (χ4n) is 2.65. The monoisotopic (exact) mass is 345 g/mol. The molecule has 25 heavy (non-hydrogen) atoms. The third-order valence-electron chi connectivity index (χ3n) is 3.89. The van der Waals surface area contributed by atoms with Gasteiger partial charge in [-0.1, -0.05) is 0 Å². The van der Waals surface area contributed by atoms with E-state index in [9.17, 15) is 9.59 Å². The van der Waals surface area contributed by atoms with Crippen LogP contribution in [0.1, 0.15) is 12.8 Å². The van der Waals surface area contributed by atoms with Crippen LogP contribution in [0.3, 0.4) is 0 Å². The van der Waals surface area contributed by atoms with Gasteiger partial charge in [0.25, 0.3) is 5.56 Å². The van der Waals surface area contributed by atoms with Crippen molar-refractivity contribution in [1.29, 1.82) is 0 Å². The van der Waals surface area contributed by atoms with E-state index in [1.807, 2.05) is 0 Å². The van der Waals surface area contributed by atoms with Gasteiger partial charge in [0.2, 0.25) is 17.7 Å². The van der Waals surface area contributed by atoms with E-state index in [0.717, 1.165) is 17.5 Å². The SMILES string of the molecule is COc1cncc(O[C@H]2CCCN(C(=O)Cn3ncccc3=O)C2)n1. The molecule has 0 aliphatic carbocycles. The van der Waals surface area contributed by atoms with Gasteiger partial charge in [0.05, 0.1) is 26.0 Å². The molecule has 0 N–H and O–H groups in total. The molecule has 0 saturated carbocycles.